The van der Waals surface area contributed by atoms with Gasteiger partial charge >= 0.3 is 0 Å². The minimum Gasteiger partial charge on any atom is -0.462 e. The summed E-state index contributed by atoms with van der Waals surface area (Å²) in [5.74, 6) is 1.42. The molecule has 86 valence electrons. The molecule has 2 rings (SSSR count). The Hall–Kier alpha value is -1.55. The number of amides is 1. The van der Waals surface area contributed by atoms with Gasteiger partial charge < -0.3 is 14.4 Å². The first kappa shape index (κ1) is 11.0. The van der Waals surface area contributed by atoms with E-state index in [4.69, 9.17) is 4.42 Å². The highest BCUT2D eigenvalue weighted by Crippen LogP contribution is 2.11. The molecule has 0 spiro atoms. The Labute approximate surface area is 94.2 Å². The minimum atomic E-state index is -0.372. The fourth-order valence-corrected chi connectivity index (χ4v) is 1.74. The number of β-amino-alcohol motifs (C(OH)–C–C–N with tert-alkyl or cyclic N) is 1. The van der Waals surface area contributed by atoms with Gasteiger partial charge in [0.05, 0.1) is 6.10 Å². The van der Waals surface area contributed by atoms with Crippen LogP contribution >= 0.6 is 0 Å². The SMILES string of the molecule is Cc1ccc(C=CC(=O)N2CC[C@@H](O)C2)o1. The molecule has 1 N–H and O–H groups in total. The third kappa shape index (κ3) is 2.52. The molecule has 0 aliphatic carbocycles. The number of furan rings is 1. The number of carbonyl (C=O) groups excluding carboxylic acids is 1. The zero-order chi connectivity index (χ0) is 11.5. The summed E-state index contributed by atoms with van der Waals surface area (Å²) < 4.78 is 5.31. The molecule has 0 aromatic carbocycles. The van der Waals surface area contributed by atoms with Gasteiger partial charge in [-0.1, -0.05) is 0 Å². The number of likely N-dealkylation sites (tertiary alicyclic amines) is 1. The molecule has 0 unspecified atom stereocenters. The summed E-state index contributed by atoms with van der Waals surface area (Å²) in [6, 6.07) is 3.67. The Kier molecular flexibility index (Phi) is 3.10. The second kappa shape index (κ2) is 4.53. The van der Waals surface area contributed by atoms with Gasteiger partial charge in [-0.3, -0.25) is 4.79 Å². The van der Waals surface area contributed by atoms with Gasteiger partial charge in [-0.2, -0.15) is 0 Å². The van der Waals surface area contributed by atoms with Crippen LogP contribution in [0.5, 0.6) is 0 Å². The van der Waals surface area contributed by atoms with Crippen LogP contribution in [0.1, 0.15) is 17.9 Å². The molecule has 1 saturated heterocycles. The largest absolute Gasteiger partial charge is 0.462 e. The van der Waals surface area contributed by atoms with Gasteiger partial charge in [-0.05, 0) is 31.6 Å². The van der Waals surface area contributed by atoms with Crippen LogP contribution in [0.25, 0.3) is 6.08 Å². The van der Waals surface area contributed by atoms with Crippen molar-refractivity contribution < 1.29 is 14.3 Å². The molecule has 16 heavy (non-hydrogen) atoms. The van der Waals surface area contributed by atoms with E-state index in [0.29, 0.717) is 25.3 Å². The van der Waals surface area contributed by atoms with Gasteiger partial charge in [0.1, 0.15) is 11.5 Å². The molecule has 4 heteroatoms. The number of carbonyl (C=O) groups is 1. The quantitative estimate of drug-likeness (QED) is 0.763. The van der Waals surface area contributed by atoms with E-state index < -0.39 is 0 Å². The number of aliphatic hydroxyl groups excluding tert-OH is 1. The van der Waals surface area contributed by atoms with Gasteiger partial charge in [0.15, 0.2) is 0 Å². The molecule has 0 radical (unpaired) electrons. The van der Waals surface area contributed by atoms with Gasteiger partial charge in [-0.15, -0.1) is 0 Å². The molecule has 2 heterocycles. The zero-order valence-corrected chi connectivity index (χ0v) is 9.22. The molecule has 0 saturated carbocycles. The predicted octanol–water partition coefficient (Wildman–Crippen LogP) is 1.19. The van der Waals surface area contributed by atoms with Crippen LogP contribution in [0.3, 0.4) is 0 Å². The topological polar surface area (TPSA) is 53.7 Å². The summed E-state index contributed by atoms with van der Waals surface area (Å²) >= 11 is 0. The molecule has 1 atom stereocenters. The standard InChI is InChI=1S/C12H15NO3/c1-9-2-3-11(16-9)4-5-12(15)13-7-6-10(14)8-13/h2-5,10,14H,6-8H2,1H3/t10-/m1/s1. The Morgan fingerprint density at radius 1 is 1.62 bits per heavy atom. The van der Waals surface area contributed by atoms with Gasteiger partial charge in [0.2, 0.25) is 5.91 Å². The summed E-state index contributed by atoms with van der Waals surface area (Å²) in [6.45, 7) is 2.91. The Morgan fingerprint density at radius 3 is 3.00 bits per heavy atom. The monoisotopic (exact) mass is 221 g/mol. The minimum absolute atomic E-state index is 0.0781. The van der Waals surface area contributed by atoms with Crippen LogP contribution in [0, 0.1) is 6.92 Å². The summed E-state index contributed by atoms with van der Waals surface area (Å²) in [5, 5.41) is 9.30. The Morgan fingerprint density at radius 2 is 2.44 bits per heavy atom. The van der Waals surface area contributed by atoms with Crippen molar-refractivity contribution in [2.75, 3.05) is 13.1 Å². The first-order valence-corrected chi connectivity index (χ1v) is 5.36. The normalized spacial score (nSPS) is 20.9. The lowest BCUT2D eigenvalue weighted by atomic mass is 10.3. The maximum Gasteiger partial charge on any atom is 0.246 e. The Balaban J connectivity index is 1.94. The molecular formula is C12H15NO3. The van der Waals surface area contributed by atoms with Gasteiger partial charge in [-0.25, -0.2) is 0 Å². The van der Waals surface area contributed by atoms with E-state index in [2.05, 4.69) is 0 Å². The number of nitrogens with zero attached hydrogens (tertiary/aromatic N) is 1. The molecule has 4 nitrogen and oxygen atoms in total. The van der Waals surface area contributed by atoms with Crippen LogP contribution in [0.2, 0.25) is 0 Å². The summed E-state index contributed by atoms with van der Waals surface area (Å²) in [7, 11) is 0. The molecule has 1 fully saturated rings. The molecule has 1 aromatic heterocycles. The maximum atomic E-state index is 11.7. The van der Waals surface area contributed by atoms with Crippen molar-refractivity contribution in [3.05, 3.63) is 29.7 Å². The third-order valence-electron chi connectivity index (χ3n) is 2.63. The molecule has 1 aliphatic rings. The molecule has 0 bridgehead atoms. The van der Waals surface area contributed by atoms with Crippen molar-refractivity contribution in [2.45, 2.75) is 19.4 Å². The van der Waals surface area contributed by atoms with Crippen LogP contribution in [-0.2, 0) is 4.79 Å². The highest BCUT2D eigenvalue weighted by Gasteiger charge is 2.22. The van der Waals surface area contributed by atoms with Gasteiger partial charge in [0.25, 0.3) is 0 Å². The number of rotatable bonds is 2. The van der Waals surface area contributed by atoms with E-state index >= 15 is 0 Å². The first-order valence-electron chi connectivity index (χ1n) is 5.36. The van der Waals surface area contributed by atoms with Gasteiger partial charge in [0, 0.05) is 19.2 Å². The smallest absolute Gasteiger partial charge is 0.246 e. The lowest BCUT2D eigenvalue weighted by Gasteiger charge is -2.11. The van der Waals surface area contributed by atoms with Crippen LogP contribution in [-0.4, -0.2) is 35.1 Å². The van der Waals surface area contributed by atoms with Crippen LogP contribution in [0.15, 0.2) is 22.6 Å². The second-order valence-corrected chi connectivity index (χ2v) is 4.01. The van der Waals surface area contributed by atoms with E-state index in [9.17, 15) is 9.90 Å². The molecule has 1 amide bonds. The van der Waals surface area contributed by atoms with Crippen molar-refractivity contribution in [1.29, 1.82) is 0 Å². The van der Waals surface area contributed by atoms with E-state index in [-0.39, 0.29) is 12.0 Å². The van der Waals surface area contributed by atoms with Crippen molar-refractivity contribution in [3.8, 4) is 0 Å². The zero-order valence-electron chi connectivity index (χ0n) is 9.22. The number of aryl methyl sites for hydroxylation is 1. The average Bonchev–Trinajstić information content (AvgIpc) is 2.84. The third-order valence-corrected chi connectivity index (χ3v) is 2.63. The summed E-state index contributed by atoms with van der Waals surface area (Å²) in [4.78, 5) is 13.3. The average molecular weight is 221 g/mol. The number of hydrogen-bond acceptors (Lipinski definition) is 3. The number of hydrogen-bond donors (Lipinski definition) is 1. The van der Waals surface area contributed by atoms with E-state index in [1.807, 2.05) is 19.1 Å². The Bertz CT molecular complexity index is 408. The lowest BCUT2D eigenvalue weighted by molar-refractivity contribution is -0.125. The van der Waals surface area contributed by atoms with Crippen molar-refractivity contribution >= 4 is 12.0 Å². The van der Waals surface area contributed by atoms with Crippen molar-refractivity contribution in [1.82, 2.24) is 4.90 Å². The maximum absolute atomic E-state index is 11.7. The van der Waals surface area contributed by atoms with Crippen LogP contribution in [0.4, 0.5) is 0 Å². The van der Waals surface area contributed by atoms with E-state index in [1.165, 1.54) is 6.08 Å². The highest BCUT2D eigenvalue weighted by molar-refractivity contribution is 5.91. The fourth-order valence-electron chi connectivity index (χ4n) is 1.74. The number of aliphatic hydroxyl groups is 1. The summed E-state index contributed by atoms with van der Waals surface area (Å²) in [6.07, 6.45) is 3.43. The summed E-state index contributed by atoms with van der Waals surface area (Å²) in [5.41, 5.74) is 0. The van der Waals surface area contributed by atoms with Crippen molar-refractivity contribution in [2.24, 2.45) is 0 Å². The lowest BCUT2D eigenvalue weighted by Crippen LogP contribution is -2.27. The molecule has 1 aliphatic heterocycles. The first-order chi connectivity index (χ1) is 7.65. The van der Waals surface area contributed by atoms with E-state index in [0.717, 1.165) is 5.76 Å². The second-order valence-electron chi connectivity index (χ2n) is 4.01. The van der Waals surface area contributed by atoms with E-state index in [1.54, 1.807) is 11.0 Å². The fraction of sp³-hybridized carbons (Fsp3) is 0.417. The molecular weight excluding hydrogens is 206 g/mol. The predicted molar refractivity (Wildman–Crippen MR) is 59.7 cm³/mol. The van der Waals surface area contributed by atoms with Crippen molar-refractivity contribution in [3.63, 3.8) is 0 Å². The highest BCUT2D eigenvalue weighted by atomic mass is 16.3. The van der Waals surface area contributed by atoms with Crippen LogP contribution < -0.4 is 0 Å². The molecule has 1 aromatic rings.